The van der Waals surface area contributed by atoms with Crippen molar-refractivity contribution in [2.75, 3.05) is 24.2 Å². The highest BCUT2D eigenvalue weighted by atomic mass is 32.2. The third-order valence-electron chi connectivity index (χ3n) is 5.25. The van der Waals surface area contributed by atoms with Gasteiger partial charge in [0.1, 0.15) is 12.1 Å². The van der Waals surface area contributed by atoms with E-state index in [1.165, 1.54) is 36.0 Å². The van der Waals surface area contributed by atoms with Gasteiger partial charge in [-0.2, -0.15) is 0 Å². The van der Waals surface area contributed by atoms with Crippen LogP contribution in [0.5, 0.6) is 0 Å². The van der Waals surface area contributed by atoms with Gasteiger partial charge in [-0.25, -0.2) is 9.97 Å². The molecule has 5 heteroatoms. The van der Waals surface area contributed by atoms with Crippen LogP contribution in [0.25, 0.3) is 10.9 Å². The third kappa shape index (κ3) is 3.38. The van der Waals surface area contributed by atoms with Gasteiger partial charge in [-0.3, -0.25) is 0 Å². The molecule has 4 nitrogen and oxygen atoms in total. The van der Waals surface area contributed by atoms with E-state index in [1.807, 2.05) is 0 Å². The van der Waals surface area contributed by atoms with Crippen molar-refractivity contribution in [2.45, 2.75) is 55.6 Å². The number of nitrogens with zero attached hydrogens (tertiary/aromatic N) is 3. The first-order valence-corrected chi connectivity index (χ1v) is 10.2. The molecule has 0 bridgehead atoms. The van der Waals surface area contributed by atoms with E-state index in [0.717, 1.165) is 37.3 Å². The fourth-order valence-corrected chi connectivity index (χ4v) is 4.34. The molecular formula is C19H25N3OS. The predicted molar refractivity (Wildman–Crippen MR) is 99.9 cm³/mol. The van der Waals surface area contributed by atoms with Crippen LogP contribution in [-0.2, 0) is 4.74 Å². The monoisotopic (exact) mass is 343 g/mol. The van der Waals surface area contributed by atoms with Gasteiger partial charge in [0.25, 0.3) is 0 Å². The van der Waals surface area contributed by atoms with Crippen molar-refractivity contribution < 1.29 is 4.74 Å². The summed E-state index contributed by atoms with van der Waals surface area (Å²) >= 11 is 1.76. The largest absolute Gasteiger partial charge is 0.375 e. The summed E-state index contributed by atoms with van der Waals surface area (Å²) in [6.07, 6.45) is 12.2. The Bertz CT molecular complexity index is 694. The second-order valence-electron chi connectivity index (χ2n) is 6.81. The first-order valence-electron chi connectivity index (χ1n) is 9.02. The van der Waals surface area contributed by atoms with E-state index in [9.17, 15) is 0 Å². The van der Waals surface area contributed by atoms with Crippen molar-refractivity contribution in [3.8, 4) is 0 Å². The fraction of sp³-hybridized carbons (Fsp3) is 0.579. The van der Waals surface area contributed by atoms with Gasteiger partial charge in [-0.15, -0.1) is 11.8 Å². The minimum Gasteiger partial charge on any atom is -0.375 e. The zero-order valence-corrected chi connectivity index (χ0v) is 15.1. The van der Waals surface area contributed by atoms with Gasteiger partial charge in [0.2, 0.25) is 0 Å². The summed E-state index contributed by atoms with van der Waals surface area (Å²) in [5.74, 6) is 1.08. The van der Waals surface area contributed by atoms with Crippen LogP contribution < -0.4 is 4.90 Å². The van der Waals surface area contributed by atoms with Gasteiger partial charge >= 0.3 is 0 Å². The van der Waals surface area contributed by atoms with Crippen LogP contribution in [0.15, 0.2) is 29.4 Å². The van der Waals surface area contributed by atoms with E-state index in [0.29, 0.717) is 12.2 Å². The minimum atomic E-state index is 0.430. The van der Waals surface area contributed by atoms with Gasteiger partial charge in [0.15, 0.2) is 0 Å². The van der Waals surface area contributed by atoms with E-state index >= 15 is 0 Å². The second kappa shape index (κ2) is 7.28. The van der Waals surface area contributed by atoms with E-state index < -0.39 is 0 Å². The average molecular weight is 343 g/mol. The Labute approximate surface area is 148 Å². The van der Waals surface area contributed by atoms with Crippen LogP contribution >= 0.6 is 11.8 Å². The maximum Gasteiger partial charge on any atom is 0.139 e. The van der Waals surface area contributed by atoms with Gasteiger partial charge in [0.05, 0.1) is 17.7 Å². The van der Waals surface area contributed by atoms with Gasteiger partial charge in [-0.1, -0.05) is 12.8 Å². The molecular weight excluding hydrogens is 318 g/mol. The first kappa shape index (κ1) is 16.2. The molecule has 4 rings (SSSR count). The molecule has 2 fully saturated rings. The van der Waals surface area contributed by atoms with Crippen LogP contribution in [0.3, 0.4) is 0 Å². The lowest BCUT2D eigenvalue weighted by Gasteiger charge is -2.34. The average Bonchev–Trinajstić information content (AvgIpc) is 3.14. The molecule has 1 aliphatic heterocycles. The standard InChI is InChI=1S/C19H25N3OS/c1-24-16-6-7-18-17(12-16)19(21-13-20-18)22-10-8-15(9-11-22)23-14-4-2-3-5-14/h6-7,12-15H,2-5,8-11H2,1H3. The number of rotatable bonds is 4. The van der Waals surface area contributed by atoms with Crippen molar-refractivity contribution in [1.82, 2.24) is 9.97 Å². The minimum absolute atomic E-state index is 0.430. The Balaban J connectivity index is 1.47. The van der Waals surface area contributed by atoms with Crippen molar-refractivity contribution in [1.29, 1.82) is 0 Å². The zero-order valence-electron chi connectivity index (χ0n) is 14.3. The lowest BCUT2D eigenvalue weighted by molar-refractivity contribution is -0.0195. The van der Waals surface area contributed by atoms with Gasteiger partial charge in [-0.05, 0) is 50.1 Å². The third-order valence-corrected chi connectivity index (χ3v) is 5.98. The molecule has 0 amide bonds. The Morgan fingerprint density at radius 3 is 2.54 bits per heavy atom. The first-order chi connectivity index (χ1) is 11.8. The summed E-state index contributed by atoms with van der Waals surface area (Å²) in [4.78, 5) is 12.7. The molecule has 2 heterocycles. The molecule has 0 radical (unpaired) electrons. The molecule has 0 N–H and O–H groups in total. The molecule has 1 aromatic heterocycles. The Hall–Kier alpha value is -1.33. The molecule has 24 heavy (non-hydrogen) atoms. The highest BCUT2D eigenvalue weighted by molar-refractivity contribution is 7.98. The summed E-state index contributed by atoms with van der Waals surface area (Å²) in [7, 11) is 0. The molecule has 2 aromatic rings. The summed E-state index contributed by atoms with van der Waals surface area (Å²) in [6.45, 7) is 2.04. The second-order valence-corrected chi connectivity index (χ2v) is 7.69. The molecule has 1 aromatic carbocycles. The molecule has 1 aliphatic carbocycles. The summed E-state index contributed by atoms with van der Waals surface area (Å²) in [5.41, 5.74) is 1.03. The number of thioether (sulfide) groups is 1. The van der Waals surface area contributed by atoms with Gasteiger partial charge < -0.3 is 9.64 Å². The number of piperidine rings is 1. The molecule has 2 aliphatic rings. The van der Waals surface area contributed by atoms with Crippen molar-refractivity contribution in [3.05, 3.63) is 24.5 Å². The molecule has 0 atom stereocenters. The fourth-order valence-electron chi connectivity index (χ4n) is 3.90. The SMILES string of the molecule is CSc1ccc2ncnc(N3CCC(OC4CCCC4)CC3)c2c1. The number of hydrogen-bond acceptors (Lipinski definition) is 5. The lowest BCUT2D eigenvalue weighted by Crippen LogP contribution is -2.38. The Morgan fingerprint density at radius 1 is 1.04 bits per heavy atom. The maximum absolute atomic E-state index is 6.30. The van der Waals surface area contributed by atoms with Crippen LogP contribution in [0.2, 0.25) is 0 Å². The van der Waals surface area contributed by atoms with E-state index in [4.69, 9.17) is 4.74 Å². The molecule has 1 saturated heterocycles. The van der Waals surface area contributed by atoms with Crippen LogP contribution in [0.4, 0.5) is 5.82 Å². The van der Waals surface area contributed by atoms with Crippen LogP contribution in [0.1, 0.15) is 38.5 Å². The number of aromatic nitrogens is 2. The lowest BCUT2D eigenvalue weighted by atomic mass is 10.1. The Morgan fingerprint density at radius 2 is 1.79 bits per heavy atom. The van der Waals surface area contributed by atoms with Crippen LogP contribution in [0, 0.1) is 0 Å². The summed E-state index contributed by atoms with van der Waals surface area (Å²) in [5, 5.41) is 1.17. The zero-order chi connectivity index (χ0) is 16.4. The number of benzene rings is 1. The number of hydrogen-bond donors (Lipinski definition) is 0. The summed E-state index contributed by atoms with van der Waals surface area (Å²) < 4.78 is 6.30. The van der Waals surface area contributed by atoms with E-state index in [-0.39, 0.29) is 0 Å². The highest BCUT2D eigenvalue weighted by Gasteiger charge is 2.26. The maximum atomic E-state index is 6.30. The number of ether oxygens (including phenoxy) is 1. The van der Waals surface area contributed by atoms with Crippen molar-refractivity contribution in [3.63, 3.8) is 0 Å². The van der Waals surface area contributed by atoms with Crippen molar-refractivity contribution >= 4 is 28.5 Å². The highest BCUT2D eigenvalue weighted by Crippen LogP contribution is 2.30. The topological polar surface area (TPSA) is 38.2 Å². The van der Waals surface area contributed by atoms with Gasteiger partial charge in [0, 0.05) is 23.4 Å². The Kier molecular flexibility index (Phi) is 4.90. The smallest absolute Gasteiger partial charge is 0.139 e. The summed E-state index contributed by atoms with van der Waals surface area (Å²) in [6, 6.07) is 6.45. The molecule has 0 spiro atoms. The molecule has 1 saturated carbocycles. The number of fused-ring (bicyclic) bond motifs is 1. The van der Waals surface area contributed by atoms with Crippen molar-refractivity contribution in [2.24, 2.45) is 0 Å². The van der Waals surface area contributed by atoms with Crippen LogP contribution in [-0.4, -0.2) is 41.5 Å². The quantitative estimate of drug-likeness (QED) is 0.775. The number of anilines is 1. The molecule has 0 unspecified atom stereocenters. The predicted octanol–water partition coefficient (Wildman–Crippen LogP) is 4.28. The van der Waals surface area contributed by atoms with E-state index in [2.05, 4.69) is 39.3 Å². The van der Waals surface area contributed by atoms with E-state index in [1.54, 1.807) is 18.1 Å². The normalized spacial score (nSPS) is 20.1. The molecule has 128 valence electrons.